The summed E-state index contributed by atoms with van der Waals surface area (Å²) in [6.07, 6.45) is 0. The fourth-order valence-electron chi connectivity index (χ4n) is 3.36. The smallest absolute Gasteiger partial charge is 0.123 e. The molecule has 0 aliphatic heterocycles. The quantitative estimate of drug-likeness (QED) is 0.502. The van der Waals surface area contributed by atoms with Crippen LogP contribution in [0.3, 0.4) is 0 Å². The van der Waals surface area contributed by atoms with Crippen LogP contribution in [0.25, 0.3) is 27.6 Å². The second kappa shape index (κ2) is 4.26. The molecule has 0 aliphatic carbocycles. The van der Waals surface area contributed by atoms with Crippen molar-refractivity contribution in [2.45, 2.75) is 20.8 Å². The molecule has 0 radical (unpaired) electrons. The van der Waals surface area contributed by atoms with Crippen molar-refractivity contribution in [3.63, 3.8) is 0 Å². The van der Waals surface area contributed by atoms with Gasteiger partial charge in [-0.15, -0.1) is 0 Å². The first-order valence-corrected chi connectivity index (χ1v) is 7.32. The van der Waals surface area contributed by atoms with Crippen molar-refractivity contribution in [1.82, 2.24) is 9.55 Å². The number of fused-ring (bicyclic) bond motifs is 3. The molecule has 1 N–H and O–H groups in total. The molecular weight excluding hydrogens is 256 g/mol. The van der Waals surface area contributed by atoms with Gasteiger partial charge in [-0.3, -0.25) is 4.57 Å². The van der Waals surface area contributed by atoms with Gasteiger partial charge in [0.05, 0.1) is 11.2 Å². The Balaban J connectivity index is 2.25. The highest BCUT2D eigenvalue weighted by atomic mass is 15.1. The van der Waals surface area contributed by atoms with Gasteiger partial charge in [0, 0.05) is 16.5 Å². The lowest BCUT2D eigenvalue weighted by Crippen LogP contribution is -2.00. The van der Waals surface area contributed by atoms with Gasteiger partial charge in [-0.25, -0.2) is 0 Å². The van der Waals surface area contributed by atoms with E-state index in [2.05, 4.69) is 78.9 Å². The van der Waals surface area contributed by atoms with Crippen LogP contribution in [0.2, 0.25) is 0 Å². The van der Waals surface area contributed by atoms with Gasteiger partial charge in [0.25, 0.3) is 0 Å². The van der Waals surface area contributed by atoms with E-state index in [1.807, 2.05) is 0 Å². The molecule has 2 heterocycles. The van der Waals surface area contributed by atoms with Crippen LogP contribution in [0, 0.1) is 20.8 Å². The Hall–Kier alpha value is -2.48. The summed E-state index contributed by atoms with van der Waals surface area (Å²) in [5, 5.41) is 2.60. The Bertz CT molecular complexity index is 950. The molecule has 0 saturated heterocycles. The molecule has 2 nitrogen and oxygen atoms in total. The molecule has 104 valence electrons. The number of aromatic nitrogens is 2. The summed E-state index contributed by atoms with van der Waals surface area (Å²) in [6.45, 7) is 6.47. The highest BCUT2D eigenvalue weighted by Crippen LogP contribution is 2.34. The van der Waals surface area contributed by atoms with Crippen molar-refractivity contribution >= 4 is 21.9 Å². The van der Waals surface area contributed by atoms with Crippen molar-refractivity contribution in [2.75, 3.05) is 0 Å². The van der Waals surface area contributed by atoms with E-state index in [4.69, 9.17) is 0 Å². The Kier molecular flexibility index (Phi) is 2.49. The third-order valence-electron chi connectivity index (χ3n) is 4.25. The average Bonchev–Trinajstić information content (AvgIpc) is 2.96. The highest BCUT2D eigenvalue weighted by molar-refractivity contribution is 6.08. The van der Waals surface area contributed by atoms with Crippen molar-refractivity contribution in [3.8, 4) is 5.69 Å². The van der Waals surface area contributed by atoms with Gasteiger partial charge in [0.15, 0.2) is 0 Å². The minimum absolute atomic E-state index is 1.19. The Morgan fingerprint density at radius 3 is 2.29 bits per heavy atom. The maximum Gasteiger partial charge on any atom is 0.123 e. The van der Waals surface area contributed by atoms with Gasteiger partial charge in [0.2, 0.25) is 0 Å². The van der Waals surface area contributed by atoms with Crippen LogP contribution in [0.15, 0.2) is 48.5 Å². The number of hydrogen-bond donors (Lipinski definition) is 1. The van der Waals surface area contributed by atoms with Gasteiger partial charge in [-0.2, -0.15) is 0 Å². The van der Waals surface area contributed by atoms with E-state index in [1.54, 1.807) is 0 Å². The van der Waals surface area contributed by atoms with Gasteiger partial charge >= 0.3 is 0 Å². The first-order valence-electron chi connectivity index (χ1n) is 7.32. The zero-order valence-electron chi connectivity index (χ0n) is 12.6. The normalized spacial score (nSPS) is 11.6. The summed E-state index contributed by atoms with van der Waals surface area (Å²) in [5.41, 5.74) is 7.52. The largest absolute Gasteiger partial charge is 0.345 e. The second-order valence-electron chi connectivity index (χ2n) is 5.81. The fraction of sp³-hybridized carbons (Fsp3) is 0.158. The molecule has 2 aromatic heterocycles. The van der Waals surface area contributed by atoms with E-state index in [9.17, 15) is 0 Å². The molecule has 0 atom stereocenters. The van der Waals surface area contributed by atoms with Crippen molar-refractivity contribution in [2.24, 2.45) is 0 Å². The lowest BCUT2D eigenvalue weighted by atomic mass is 10.1. The molecule has 21 heavy (non-hydrogen) atoms. The standard InChI is InChI=1S/C19H18N2/c1-12-7-6-8-13(2)18(12)21-17-10-5-4-9-15(17)16-11-14(3)20-19(16)21/h4-11,20H,1-3H3. The lowest BCUT2D eigenvalue weighted by Gasteiger charge is -2.13. The molecule has 0 fully saturated rings. The third kappa shape index (κ3) is 1.65. The van der Waals surface area contributed by atoms with Crippen molar-refractivity contribution in [3.05, 3.63) is 65.4 Å². The van der Waals surface area contributed by atoms with Gasteiger partial charge in [-0.05, 0) is 44.0 Å². The number of nitrogens with zero attached hydrogens (tertiary/aromatic N) is 1. The minimum atomic E-state index is 1.19. The predicted molar refractivity (Wildman–Crippen MR) is 89.3 cm³/mol. The number of aromatic amines is 1. The fourth-order valence-corrected chi connectivity index (χ4v) is 3.36. The Morgan fingerprint density at radius 1 is 0.810 bits per heavy atom. The summed E-state index contributed by atoms with van der Waals surface area (Å²) >= 11 is 0. The van der Waals surface area contributed by atoms with Gasteiger partial charge < -0.3 is 4.98 Å². The van der Waals surface area contributed by atoms with Gasteiger partial charge in [-0.1, -0.05) is 36.4 Å². The number of benzene rings is 2. The van der Waals surface area contributed by atoms with Crippen LogP contribution >= 0.6 is 0 Å². The molecule has 2 aromatic carbocycles. The van der Waals surface area contributed by atoms with Crippen LogP contribution in [-0.2, 0) is 0 Å². The maximum absolute atomic E-state index is 3.53. The van der Waals surface area contributed by atoms with E-state index in [0.29, 0.717) is 0 Å². The molecule has 4 rings (SSSR count). The number of H-pyrrole nitrogens is 1. The zero-order chi connectivity index (χ0) is 14.6. The lowest BCUT2D eigenvalue weighted by molar-refractivity contribution is 1.09. The number of rotatable bonds is 1. The number of hydrogen-bond acceptors (Lipinski definition) is 0. The Morgan fingerprint density at radius 2 is 1.52 bits per heavy atom. The summed E-state index contributed by atoms with van der Waals surface area (Å²) in [4.78, 5) is 3.53. The first kappa shape index (κ1) is 12.3. The van der Waals surface area contributed by atoms with Crippen LogP contribution in [0.5, 0.6) is 0 Å². The summed E-state index contributed by atoms with van der Waals surface area (Å²) < 4.78 is 2.36. The van der Waals surface area contributed by atoms with Crippen LogP contribution in [-0.4, -0.2) is 9.55 Å². The monoisotopic (exact) mass is 274 g/mol. The molecule has 0 unspecified atom stereocenters. The van der Waals surface area contributed by atoms with Crippen LogP contribution in [0.4, 0.5) is 0 Å². The minimum Gasteiger partial charge on any atom is -0.345 e. The molecule has 0 bridgehead atoms. The second-order valence-corrected chi connectivity index (χ2v) is 5.81. The number of aryl methyl sites for hydroxylation is 3. The van der Waals surface area contributed by atoms with E-state index in [0.717, 1.165) is 0 Å². The molecular formula is C19H18N2. The van der Waals surface area contributed by atoms with Crippen LogP contribution < -0.4 is 0 Å². The Labute approximate surface area is 124 Å². The number of nitrogens with one attached hydrogen (secondary N) is 1. The van der Waals surface area contributed by atoms with Gasteiger partial charge in [0.1, 0.15) is 5.65 Å². The summed E-state index contributed by atoms with van der Waals surface area (Å²) in [6, 6.07) is 17.3. The first-order chi connectivity index (χ1) is 10.2. The van der Waals surface area contributed by atoms with Crippen molar-refractivity contribution < 1.29 is 0 Å². The van der Waals surface area contributed by atoms with Crippen LogP contribution in [0.1, 0.15) is 16.8 Å². The third-order valence-corrected chi connectivity index (χ3v) is 4.25. The maximum atomic E-state index is 3.53. The van der Waals surface area contributed by atoms with E-state index in [1.165, 1.54) is 44.4 Å². The number of para-hydroxylation sites is 2. The summed E-state index contributed by atoms with van der Waals surface area (Å²) in [7, 11) is 0. The van der Waals surface area contributed by atoms with E-state index < -0.39 is 0 Å². The average molecular weight is 274 g/mol. The molecule has 0 spiro atoms. The molecule has 2 heteroatoms. The molecule has 0 amide bonds. The van der Waals surface area contributed by atoms with Crippen molar-refractivity contribution in [1.29, 1.82) is 0 Å². The molecule has 0 aliphatic rings. The van der Waals surface area contributed by atoms with E-state index in [-0.39, 0.29) is 0 Å². The zero-order valence-corrected chi connectivity index (χ0v) is 12.6. The topological polar surface area (TPSA) is 20.7 Å². The SMILES string of the molecule is Cc1cc2c3ccccc3n(-c3c(C)cccc3C)c2[nH]1. The molecule has 0 saturated carbocycles. The summed E-state index contributed by atoms with van der Waals surface area (Å²) in [5.74, 6) is 0. The van der Waals surface area contributed by atoms with E-state index >= 15 is 0 Å². The predicted octanol–water partition coefficient (Wildman–Crippen LogP) is 5.04. The highest BCUT2D eigenvalue weighted by Gasteiger charge is 2.16. The molecule has 4 aromatic rings.